The van der Waals surface area contributed by atoms with Crippen molar-refractivity contribution in [1.82, 2.24) is 4.98 Å². The van der Waals surface area contributed by atoms with Gasteiger partial charge in [-0.3, -0.25) is 4.98 Å². The fraction of sp³-hybridized carbons (Fsp3) is 0. The lowest BCUT2D eigenvalue weighted by molar-refractivity contribution is 1.41. The number of nitrogens with zero attached hydrogens (tertiary/aromatic N) is 1. The molecule has 1 nitrogen and oxygen atoms in total. The summed E-state index contributed by atoms with van der Waals surface area (Å²) < 4.78 is 1.05. The molecular formula is C15H9BrClN. The monoisotopic (exact) mass is 317 g/mol. The molecule has 0 bridgehead atoms. The third kappa shape index (κ3) is 2.02. The number of hydrogen-bond acceptors (Lipinski definition) is 1. The van der Waals surface area contributed by atoms with Crippen LogP contribution in [0.25, 0.3) is 22.0 Å². The summed E-state index contributed by atoms with van der Waals surface area (Å²) in [5, 5.41) is 1.74. The Morgan fingerprint density at radius 2 is 1.67 bits per heavy atom. The minimum atomic E-state index is 0.753. The smallest absolute Gasteiger partial charge is 0.0717 e. The molecule has 88 valence electrons. The molecule has 0 saturated carbocycles. The molecule has 0 aliphatic rings. The van der Waals surface area contributed by atoms with Crippen LogP contribution in [0, 0.1) is 0 Å². The maximum atomic E-state index is 6.46. The molecule has 0 aliphatic heterocycles. The van der Waals surface area contributed by atoms with E-state index in [1.165, 1.54) is 0 Å². The Bertz CT molecular complexity index is 707. The fourth-order valence-electron chi connectivity index (χ4n) is 1.94. The third-order valence-electron chi connectivity index (χ3n) is 2.86. The topological polar surface area (TPSA) is 12.9 Å². The van der Waals surface area contributed by atoms with E-state index >= 15 is 0 Å². The van der Waals surface area contributed by atoms with Crippen molar-refractivity contribution in [2.75, 3.05) is 0 Å². The van der Waals surface area contributed by atoms with Crippen molar-refractivity contribution >= 4 is 38.4 Å². The van der Waals surface area contributed by atoms with Crippen molar-refractivity contribution in [3.05, 3.63) is 64.2 Å². The number of hydrogen-bond donors (Lipinski definition) is 0. The first-order valence-corrected chi connectivity index (χ1v) is 6.72. The maximum absolute atomic E-state index is 6.46. The zero-order valence-electron chi connectivity index (χ0n) is 9.40. The van der Waals surface area contributed by atoms with Gasteiger partial charge in [-0.25, -0.2) is 0 Å². The number of aromatic nitrogens is 1. The highest BCUT2D eigenvalue weighted by Crippen LogP contribution is 2.33. The lowest BCUT2D eigenvalue weighted by Crippen LogP contribution is -1.85. The van der Waals surface area contributed by atoms with Gasteiger partial charge in [0, 0.05) is 21.6 Å². The SMILES string of the molecule is Clc1c(-c2ccc(Br)cc2)cnc2ccccc12. The van der Waals surface area contributed by atoms with Gasteiger partial charge in [-0.1, -0.05) is 57.9 Å². The first kappa shape index (κ1) is 11.7. The van der Waals surface area contributed by atoms with E-state index in [-0.39, 0.29) is 0 Å². The first-order chi connectivity index (χ1) is 8.75. The molecule has 0 radical (unpaired) electrons. The molecule has 0 amide bonds. The number of benzene rings is 2. The molecule has 0 spiro atoms. The summed E-state index contributed by atoms with van der Waals surface area (Å²) in [6, 6.07) is 16.0. The number of fused-ring (bicyclic) bond motifs is 1. The molecule has 0 saturated heterocycles. The summed E-state index contributed by atoms with van der Waals surface area (Å²) in [4.78, 5) is 4.44. The van der Waals surface area contributed by atoms with Crippen LogP contribution in [0.5, 0.6) is 0 Å². The van der Waals surface area contributed by atoms with Crippen LogP contribution in [0.3, 0.4) is 0 Å². The lowest BCUT2D eigenvalue weighted by Gasteiger charge is -2.07. The van der Waals surface area contributed by atoms with Gasteiger partial charge in [-0.2, -0.15) is 0 Å². The minimum Gasteiger partial charge on any atom is -0.256 e. The highest BCUT2D eigenvalue weighted by molar-refractivity contribution is 9.10. The van der Waals surface area contributed by atoms with E-state index in [9.17, 15) is 0 Å². The van der Waals surface area contributed by atoms with Gasteiger partial charge in [0.2, 0.25) is 0 Å². The summed E-state index contributed by atoms with van der Waals surface area (Å²) >= 11 is 9.89. The van der Waals surface area contributed by atoms with Crippen LogP contribution in [0.2, 0.25) is 5.02 Å². The van der Waals surface area contributed by atoms with Crippen LogP contribution in [-0.2, 0) is 0 Å². The highest BCUT2D eigenvalue weighted by Gasteiger charge is 2.08. The van der Waals surface area contributed by atoms with Crippen molar-refractivity contribution in [2.45, 2.75) is 0 Å². The van der Waals surface area contributed by atoms with E-state index in [0.717, 1.165) is 31.5 Å². The fourth-order valence-corrected chi connectivity index (χ4v) is 2.52. The predicted molar refractivity (Wildman–Crippen MR) is 79.9 cm³/mol. The molecule has 0 atom stereocenters. The van der Waals surface area contributed by atoms with Gasteiger partial charge in [0.15, 0.2) is 0 Å². The Morgan fingerprint density at radius 1 is 0.944 bits per heavy atom. The van der Waals surface area contributed by atoms with Gasteiger partial charge in [-0.15, -0.1) is 0 Å². The third-order valence-corrected chi connectivity index (χ3v) is 3.80. The molecular weight excluding hydrogens is 310 g/mol. The van der Waals surface area contributed by atoms with Crippen molar-refractivity contribution in [2.24, 2.45) is 0 Å². The van der Waals surface area contributed by atoms with Crippen molar-refractivity contribution in [3.8, 4) is 11.1 Å². The molecule has 3 aromatic rings. The summed E-state index contributed by atoms with van der Waals surface area (Å²) in [5.41, 5.74) is 2.95. The van der Waals surface area contributed by atoms with Crippen LogP contribution >= 0.6 is 27.5 Å². The van der Waals surface area contributed by atoms with Crippen LogP contribution in [-0.4, -0.2) is 4.98 Å². The van der Waals surface area contributed by atoms with Gasteiger partial charge in [0.05, 0.1) is 10.5 Å². The van der Waals surface area contributed by atoms with Gasteiger partial charge >= 0.3 is 0 Å². The van der Waals surface area contributed by atoms with Crippen LogP contribution < -0.4 is 0 Å². The quantitative estimate of drug-likeness (QED) is 0.592. The average molecular weight is 319 g/mol. The Labute approximate surface area is 119 Å². The summed E-state index contributed by atoms with van der Waals surface area (Å²) in [5.74, 6) is 0. The summed E-state index contributed by atoms with van der Waals surface area (Å²) in [6.07, 6.45) is 1.83. The zero-order valence-corrected chi connectivity index (χ0v) is 11.7. The van der Waals surface area contributed by atoms with Crippen LogP contribution in [0.15, 0.2) is 59.2 Å². The molecule has 0 unspecified atom stereocenters. The predicted octanol–water partition coefficient (Wildman–Crippen LogP) is 5.32. The van der Waals surface area contributed by atoms with E-state index in [1.807, 2.05) is 54.7 Å². The van der Waals surface area contributed by atoms with Gasteiger partial charge in [-0.05, 0) is 23.8 Å². The number of rotatable bonds is 1. The normalized spacial score (nSPS) is 10.8. The summed E-state index contributed by atoms with van der Waals surface area (Å²) in [6.45, 7) is 0. The van der Waals surface area contributed by atoms with Crippen LogP contribution in [0.1, 0.15) is 0 Å². The first-order valence-electron chi connectivity index (χ1n) is 5.55. The van der Waals surface area contributed by atoms with E-state index in [1.54, 1.807) is 0 Å². The van der Waals surface area contributed by atoms with Gasteiger partial charge in [0.25, 0.3) is 0 Å². The van der Waals surface area contributed by atoms with E-state index in [0.29, 0.717) is 0 Å². The molecule has 0 fully saturated rings. The Hall–Kier alpha value is -1.38. The van der Waals surface area contributed by atoms with Crippen LogP contribution in [0.4, 0.5) is 0 Å². The van der Waals surface area contributed by atoms with E-state index < -0.39 is 0 Å². The molecule has 18 heavy (non-hydrogen) atoms. The second-order valence-corrected chi connectivity index (χ2v) is 5.30. The highest BCUT2D eigenvalue weighted by atomic mass is 79.9. The lowest BCUT2D eigenvalue weighted by atomic mass is 10.1. The number of halogens is 2. The summed E-state index contributed by atoms with van der Waals surface area (Å²) in [7, 11) is 0. The molecule has 0 aliphatic carbocycles. The molecule has 2 aromatic carbocycles. The average Bonchev–Trinajstić information content (AvgIpc) is 2.41. The molecule has 0 N–H and O–H groups in total. The van der Waals surface area contributed by atoms with E-state index in [4.69, 9.17) is 11.6 Å². The molecule has 1 aromatic heterocycles. The second kappa shape index (κ2) is 4.71. The zero-order chi connectivity index (χ0) is 12.5. The Balaban J connectivity index is 2.24. The van der Waals surface area contributed by atoms with Crippen molar-refractivity contribution in [1.29, 1.82) is 0 Å². The second-order valence-electron chi connectivity index (χ2n) is 4.01. The number of para-hydroxylation sites is 1. The Kier molecular flexibility index (Phi) is 3.06. The Morgan fingerprint density at radius 3 is 2.44 bits per heavy atom. The molecule has 1 heterocycles. The van der Waals surface area contributed by atoms with Gasteiger partial charge < -0.3 is 0 Å². The van der Waals surface area contributed by atoms with Crippen molar-refractivity contribution in [3.63, 3.8) is 0 Å². The maximum Gasteiger partial charge on any atom is 0.0717 e. The van der Waals surface area contributed by atoms with E-state index in [2.05, 4.69) is 20.9 Å². The minimum absolute atomic E-state index is 0.753. The van der Waals surface area contributed by atoms with Gasteiger partial charge in [0.1, 0.15) is 0 Å². The molecule has 3 rings (SSSR count). The standard InChI is InChI=1S/C15H9BrClN/c16-11-7-5-10(6-8-11)13-9-18-14-4-2-1-3-12(14)15(13)17/h1-9H. The number of pyridine rings is 1. The largest absolute Gasteiger partial charge is 0.256 e. The molecule has 3 heteroatoms. The van der Waals surface area contributed by atoms with Crippen molar-refractivity contribution < 1.29 is 0 Å².